The molecule has 2 aromatic heterocycles. The maximum atomic E-state index is 13.9. The molecule has 1 saturated heterocycles. The molecule has 2 aromatic carbocycles. The van der Waals surface area contributed by atoms with E-state index in [-0.39, 0.29) is 24.2 Å². The molecule has 0 spiro atoms. The van der Waals surface area contributed by atoms with Gasteiger partial charge < -0.3 is 10.2 Å². The standard InChI is InChI=1S/C28H28ClF3N6O/c1-2-36-10-12-37(13-11-36)17-20-5-7-21(15-23(20)28(30,31)32)35-26(39)14-19-6-8-22(16-24(19)29)38-18-34-25-4-3-9-33-27(25)38/h3-9,15-16,18H,2,10-14,17H2,1H3,(H,35,39). The number of nitrogens with one attached hydrogen (secondary N) is 1. The van der Waals surface area contributed by atoms with Crippen LogP contribution in [-0.2, 0) is 23.9 Å². The number of alkyl halides is 3. The zero-order chi connectivity index (χ0) is 27.6. The number of benzene rings is 2. The van der Waals surface area contributed by atoms with Crippen LogP contribution in [0.25, 0.3) is 16.9 Å². The number of anilines is 1. The van der Waals surface area contributed by atoms with Crippen LogP contribution in [-0.4, -0.2) is 63.0 Å². The van der Waals surface area contributed by atoms with Gasteiger partial charge in [0.1, 0.15) is 11.8 Å². The van der Waals surface area contributed by atoms with E-state index in [9.17, 15) is 18.0 Å². The Morgan fingerprint density at radius 2 is 1.74 bits per heavy atom. The van der Waals surface area contributed by atoms with Gasteiger partial charge in [0.05, 0.1) is 17.7 Å². The summed E-state index contributed by atoms with van der Waals surface area (Å²) >= 11 is 6.47. The minimum Gasteiger partial charge on any atom is -0.326 e. The van der Waals surface area contributed by atoms with Gasteiger partial charge in [-0.15, -0.1) is 0 Å². The summed E-state index contributed by atoms with van der Waals surface area (Å²) in [6, 6.07) is 12.9. The largest absolute Gasteiger partial charge is 0.416 e. The second-order valence-electron chi connectivity index (χ2n) is 9.54. The highest BCUT2D eigenvalue weighted by atomic mass is 35.5. The molecule has 0 aliphatic carbocycles. The summed E-state index contributed by atoms with van der Waals surface area (Å²) in [4.78, 5) is 25.7. The Kier molecular flexibility index (Phi) is 7.88. The van der Waals surface area contributed by atoms with E-state index in [4.69, 9.17) is 11.6 Å². The fourth-order valence-electron chi connectivity index (χ4n) is 4.81. The Morgan fingerprint density at radius 1 is 1.00 bits per heavy atom. The first-order valence-electron chi connectivity index (χ1n) is 12.7. The average molecular weight is 557 g/mol. The Morgan fingerprint density at radius 3 is 2.46 bits per heavy atom. The predicted molar refractivity (Wildman–Crippen MR) is 145 cm³/mol. The number of carbonyl (C=O) groups excluding carboxylic acids is 1. The number of piperazine rings is 1. The quantitative estimate of drug-likeness (QED) is 0.330. The van der Waals surface area contributed by atoms with Gasteiger partial charge in [0, 0.05) is 49.6 Å². The minimum absolute atomic E-state index is 0.0904. The summed E-state index contributed by atoms with van der Waals surface area (Å²) in [6.45, 7) is 6.34. The molecule has 4 aromatic rings. The number of hydrogen-bond donors (Lipinski definition) is 1. The zero-order valence-corrected chi connectivity index (χ0v) is 22.1. The molecule has 11 heteroatoms. The summed E-state index contributed by atoms with van der Waals surface area (Å²) in [5.74, 6) is -0.462. The molecule has 1 amide bonds. The van der Waals surface area contributed by atoms with Crippen molar-refractivity contribution in [2.75, 3.05) is 38.0 Å². The summed E-state index contributed by atoms with van der Waals surface area (Å²) in [5.41, 5.74) is 2.25. The van der Waals surface area contributed by atoms with E-state index in [0.717, 1.165) is 50.0 Å². The van der Waals surface area contributed by atoms with Crippen molar-refractivity contribution in [1.29, 1.82) is 0 Å². The van der Waals surface area contributed by atoms with Crippen LogP contribution in [0.4, 0.5) is 18.9 Å². The number of amides is 1. The van der Waals surface area contributed by atoms with Gasteiger partial charge >= 0.3 is 6.18 Å². The van der Waals surface area contributed by atoms with Crippen molar-refractivity contribution in [3.8, 4) is 5.69 Å². The van der Waals surface area contributed by atoms with Crippen molar-refractivity contribution in [1.82, 2.24) is 24.3 Å². The number of imidazole rings is 1. The highest BCUT2D eigenvalue weighted by Gasteiger charge is 2.34. The maximum absolute atomic E-state index is 13.9. The number of fused-ring (bicyclic) bond motifs is 1. The number of pyridine rings is 1. The lowest BCUT2D eigenvalue weighted by molar-refractivity contribution is -0.138. The third-order valence-electron chi connectivity index (χ3n) is 6.98. The molecule has 5 rings (SSSR count). The van der Waals surface area contributed by atoms with Crippen LogP contribution in [0.2, 0.25) is 5.02 Å². The molecule has 0 atom stereocenters. The number of carbonyl (C=O) groups is 1. The van der Waals surface area contributed by atoms with Crippen LogP contribution in [0.5, 0.6) is 0 Å². The van der Waals surface area contributed by atoms with Gasteiger partial charge in [-0.3, -0.25) is 14.3 Å². The third-order valence-corrected chi connectivity index (χ3v) is 7.33. The fraction of sp³-hybridized carbons (Fsp3) is 0.321. The molecule has 1 aliphatic heterocycles. The van der Waals surface area contributed by atoms with E-state index < -0.39 is 17.6 Å². The molecule has 39 heavy (non-hydrogen) atoms. The van der Waals surface area contributed by atoms with Gasteiger partial charge in [-0.2, -0.15) is 13.2 Å². The zero-order valence-electron chi connectivity index (χ0n) is 21.4. The topological polar surface area (TPSA) is 66.3 Å². The SMILES string of the molecule is CCN1CCN(Cc2ccc(NC(=O)Cc3ccc(-n4cnc5cccnc54)cc3Cl)cc2C(F)(F)F)CC1. The van der Waals surface area contributed by atoms with E-state index in [1.807, 2.05) is 11.0 Å². The molecular weight excluding hydrogens is 529 g/mol. The number of likely N-dealkylation sites (N-methyl/N-ethyl adjacent to an activating group) is 1. The second-order valence-corrected chi connectivity index (χ2v) is 9.95. The number of aromatic nitrogens is 3. The normalized spacial score (nSPS) is 15.1. The van der Waals surface area contributed by atoms with E-state index in [1.165, 1.54) is 12.1 Å². The van der Waals surface area contributed by atoms with E-state index in [1.54, 1.807) is 41.4 Å². The Bertz CT molecular complexity index is 1480. The molecule has 0 radical (unpaired) electrons. The van der Waals surface area contributed by atoms with Gasteiger partial charge in [0.25, 0.3) is 0 Å². The Balaban J connectivity index is 1.27. The molecule has 7 nitrogen and oxygen atoms in total. The molecule has 1 fully saturated rings. The van der Waals surface area contributed by atoms with Crippen LogP contribution < -0.4 is 5.32 Å². The Labute approximate surface area is 229 Å². The lowest BCUT2D eigenvalue weighted by atomic mass is 10.0. The number of hydrogen-bond acceptors (Lipinski definition) is 5. The lowest BCUT2D eigenvalue weighted by Gasteiger charge is -2.34. The third kappa shape index (κ3) is 6.24. The monoisotopic (exact) mass is 556 g/mol. The lowest BCUT2D eigenvalue weighted by Crippen LogP contribution is -2.45. The van der Waals surface area contributed by atoms with Gasteiger partial charge in [0.15, 0.2) is 5.65 Å². The van der Waals surface area contributed by atoms with E-state index >= 15 is 0 Å². The van der Waals surface area contributed by atoms with E-state index in [0.29, 0.717) is 16.2 Å². The first-order valence-corrected chi connectivity index (χ1v) is 13.1. The van der Waals surface area contributed by atoms with Crippen molar-refractivity contribution in [2.45, 2.75) is 26.1 Å². The fourth-order valence-corrected chi connectivity index (χ4v) is 5.05. The molecule has 1 N–H and O–H groups in total. The van der Waals surface area contributed by atoms with Crippen molar-refractivity contribution in [3.05, 3.63) is 82.8 Å². The van der Waals surface area contributed by atoms with Crippen molar-refractivity contribution >= 4 is 34.4 Å². The molecule has 0 bridgehead atoms. The first kappa shape index (κ1) is 27.1. The molecule has 1 aliphatic rings. The van der Waals surface area contributed by atoms with Crippen molar-refractivity contribution in [2.24, 2.45) is 0 Å². The molecule has 3 heterocycles. The predicted octanol–water partition coefficient (Wildman–Crippen LogP) is 5.41. The van der Waals surface area contributed by atoms with E-state index in [2.05, 4.69) is 27.1 Å². The minimum atomic E-state index is -4.53. The first-order chi connectivity index (χ1) is 18.7. The molecular formula is C28H28ClF3N6O. The summed E-state index contributed by atoms with van der Waals surface area (Å²) in [7, 11) is 0. The van der Waals surface area contributed by atoms with Crippen LogP contribution in [0.15, 0.2) is 61.1 Å². The summed E-state index contributed by atoms with van der Waals surface area (Å²) in [6.07, 6.45) is -1.31. The average Bonchev–Trinajstić information content (AvgIpc) is 3.35. The second kappa shape index (κ2) is 11.3. The van der Waals surface area contributed by atoms with Crippen LogP contribution in [0.3, 0.4) is 0 Å². The van der Waals surface area contributed by atoms with Crippen LogP contribution >= 0.6 is 11.6 Å². The van der Waals surface area contributed by atoms with Crippen LogP contribution in [0.1, 0.15) is 23.6 Å². The highest BCUT2D eigenvalue weighted by molar-refractivity contribution is 6.31. The molecule has 204 valence electrons. The van der Waals surface area contributed by atoms with Crippen LogP contribution in [0, 0.1) is 0 Å². The summed E-state index contributed by atoms with van der Waals surface area (Å²) < 4.78 is 43.5. The Hall–Kier alpha value is -3.47. The van der Waals surface area contributed by atoms with Gasteiger partial charge in [-0.1, -0.05) is 30.7 Å². The number of halogens is 4. The molecule has 0 saturated carbocycles. The highest BCUT2D eigenvalue weighted by Crippen LogP contribution is 2.35. The van der Waals surface area contributed by atoms with Gasteiger partial charge in [-0.05, 0) is 54.1 Å². The van der Waals surface area contributed by atoms with Crippen molar-refractivity contribution < 1.29 is 18.0 Å². The maximum Gasteiger partial charge on any atom is 0.416 e. The van der Waals surface area contributed by atoms with Gasteiger partial charge in [-0.25, -0.2) is 9.97 Å². The molecule has 0 unspecified atom stereocenters. The van der Waals surface area contributed by atoms with Gasteiger partial charge in [0.2, 0.25) is 5.91 Å². The number of nitrogens with zero attached hydrogens (tertiary/aromatic N) is 5. The summed E-state index contributed by atoms with van der Waals surface area (Å²) in [5, 5.41) is 2.95. The van der Waals surface area contributed by atoms with Crippen molar-refractivity contribution in [3.63, 3.8) is 0 Å². The number of rotatable bonds is 7. The smallest absolute Gasteiger partial charge is 0.326 e.